The van der Waals surface area contributed by atoms with Gasteiger partial charge in [0.1, 0.15) is 17.6 Å². The van der Waals surface area contributed by atoms with Gasteiger partial charge in [-0.1, -0.05) is 0 Å². The lowest BCUT2D eigenvalue weighted by Gasteiger charge is -2.20. The van der Waals surface area contributed by atoms with Gasteiger partial charge < -0.3 is 10.2 Å². The highest BCUT2D eigenvalue weighted by Gasteiger charge is 2.33. The van der Waals surface area contributed by atoms with Gasteiger partial charge in [-0.2, -0.15) is 18.4 Å². The number of nitriles is 1. The van der Waals surface area contributed by atoms with Crippen molar-refractivity contribution in [3.05, 3.63) is 23.4 Å². The molecule has 0 fully saturated rings. The lowest BCUT2D eigenvalue weighted by Crippen LogP contribution is -2.29. The molecule has 0 unspecified atom stereocenters. The van der Waals surface area contributed by atoms with Crippen LogP contribution >= 0.6 is 0 Å². The van der Waals surface area contributed by atoms with Crippen LogP contribution in [0.1, 0.15) is 11.3 Å². The molecular weight excluding hydrogens is 245 g/mol. The van der Waals surface area contributed by atoms with E-state index in [-0.39, 0.29) is 11.4 Å². The number of hydrogen-bond donors (Lipinski definition) is 1. The summed E-state index contributed by atoms with van der Waals surface area (Å²) in [6, 6.07) is 3.79. The minimum atomic E-state index is -4.51. The lowest BCUT2D eigenvalue weighted by molar-refractivity contribution is -0.141. The molecular formula is C11H13F3N4. The molecule has 0 aliphatic carbocycles. The van der Waals surface area contributed by atoms with E-state index < -0.39 is 11.9 Å². The van der Waals surface area contributed by atoms with Crippen LogP contribution in [0.4, 0.5) is 19.0 Å². The summed E-state index contributed by atoms with van der Waals surface area (Å²) in [6.07, 6.45) is -4.51. The summed E-state index contributed by atoms with van der Waals surface area (Å²) in [5.41, 5.74) is -0.866. The van der Waals surface area contributed by atoms with E-state index in [1.165, 1.54) is 4.90 Å². The Hall–Kier alpha value is -1.81. The van der Waals surface area contributed by atoms with Gasteiger partial charge in [0.25, 0.3) is 0 Å². The van der Waals surface area contributed by atoms with E-state index in [1.807, 2.05) is 6.07 Å². The smallest absolute Gasteiger partial charge is 0.357 e. The molecule has 0 bridgehead atoms. The first-order valence-electron chi connectivity index (χ1n) is 5.24. The molecule has 7 heteroatoms. The summed E-state index contributed by atoms with van der Waals surface area (Å²) in [6.45, 7) is 1.04. The van der Waals surface area contributed by atoms with Crippen LogP contribution < -0.4 is 10.2 Å². The van der Waals surface area contributed by atoms with Crippen molar-refractivity contribution in [2.24, 2.45) is 0 Å². The number of rotatable bonds is 4. The van der Waals surface area contributed by atoms with Crippen molar-refractivity contribution in [2.45, 2.75) is 6.18 Å². The van der Waals surface area contributed by atoms with E-state index in [9.17, 15) is 13.2 Å². The fourth-order valence-electron chi connectivity index (χ4n) is 1.37. The van der Waals surface area contributed by atoms with Gasteiger partial charge in [-0.05, 0) is 19.2 Å². The average molecular weight is 258 g/mol. The molecule has 0 aliphatic heterocycles. The van der Waals surface area contributed by atoms with Crippen molar-refractivity contribution < 1.29 is 13.2 Å². The molecule has 0 saturated heterocycles. The Kier molecular flexibility index (Phi) is 4.50. The van der Waals surface area contributed by atoms with Crippen LogP contribution in [0.2, 0.25) is 0 Å². The van der Waals surface area contributed by atoms with Crippen LogP contribution in [-0.4, -0.2) is 32.2 Å². The van der Waals surface area contributed by atoms with Crippen LogP contribution in [0.5, 0.6) is 0 Å². The van der Waals surface area contributed by atoms with E-state index in [0.717, 1.165) is 12.1 Å². The number of halogens is 3. The number of nitrogens with one attached hydrogen (secondary N) is 1. The topological polar surface area (TPSA) is 52.0 Å². The molecule has 0 aromatic carbocycles. The molecule has 4 nitrogen and oxygen atoms in total. The maximum atomic E-state index is 12.5. The summed E-state index contributed by atoms with van der Waals surface area (Å²) in [5.74, 6) is 0.0441. The Balaban J connectivity index is 3.11. The zero-order chi connectivity index (χ0) is 13.8. The monoisotopic (exact) mass is 258 g/mol. The van der Waals surface area contributed by atoms with Gasteiger partial charge in [-0.3, -0.25) is 0 Å². The third-order valence-corrected chi connectivity index (χ3v) is 2.34. The van der Waals surface area contributed by atoms with Crippen molar-refractivity contribution in [3.8, 4) is 6.07 Å². The van der Waals surface area contributed by atoms with E-state index in [0.29, 0.717) is 13.1 Å². The van der Waals surface area contributed by atoms with E-state index in [2.05, 4.69) is 10.3 Å². The molecule has 1 N–H and O–H groups in total. The molecule has 1 rings (SSSR count). The molecule has 1 aromatic rings. The maximum Gasteiger partial charge on any atom is 0.433 e. The number of nitrogens with zero attached hydrogens (tertiary/aromatic N) is 3. The molecule has 0 atom stereocenters. The number of likely N-dealkylation sites (N-methyl/N-ethyl adjacent to an activating group) is 2. The number of hydrogen-bond acceptors (Lipinski definition) is 4. The molecule has 1 heterocycles. The van der Waals surface area contributed by atoms with Crippen molar-refractivity contribution in [2.75, 3.05) is 32.1 Å². The number of anilines is 1. The van der Waals surface area contributed by atoms with Crippen molar-refractivity contribution in [1.29, 1.82) is 5.26 Å². The number of alkyl halides is 3. The minimum absolute atomic E-state index is 0.0441. The fraction of sp³-hybridized carbons (Fsp3) is 0.455. The first kappa shape index (κ1) is 14.3. The van der Waals surface area contributed by atoms with E-state index >= 15 is 0 Å². The quantitative estimate of drug-likeness (QED) is 0.891. The Morgan fingerprint density at radius 1 is 1.44 bits per heavy atom. The highest BCUT2D eigenvalue weighted by molar-refractivity contribution is 5.54. The summed E-state index contributed by atoms with van der Waals surface area (Å²) < 4.78 is 37.6. The second-order valence-corrected chi connectivity index (χ2v) is 3.70. The zero-order valence-corrected chi connectivity index (χ0v) is 10.0. The summed E-state index contributed by atoms with van der Waals surface area (Å²) >= 11 is 0. The Morgan fingerprint density at radius 2 is 2.11 bits per heavy atom. The average Bonchev–Trinajstić information content (AvgIpc) is 2.34. The van der Waals surface area contributed by atoms with E-state index in [4.69, 9.17) is 5.26 Å². The van der Waals surface area contributed by atoms with Gasteiger partial charge in [0.15, 0.2) is 0 Å². The normalized spacial score (nSPS) is 11.1. The molecule has 0 spiro atoms. The van der Waals surface area contributed by atoms with Crippen LogP contribution in [0, 0.1) is 11.3 Å². The van der Waals surface area contributed by atoms with Crippen LogP contribution in [0.25, 0.3) is 0 Å². The van der Waals surface area contributed by atoms with Gasteiger partial charge in [-0.25, -0.2) is 4.98 Å². The second-order valence-electron chi connectivity index (χ2n) is 3.70. The first-order chi connectivity index (χ1) is 8.40. The SMILES string of the molecule is CNCCN(C)c1nc(C(F)(F)F)ccc1C#N. The summed E-state index contributed by atoms with van der Waals surface area (Å²) in [4.78, 5) is 5.04. The Bertz CT molecular complexity index is 451. The summed E-state index contributed by atoms with van der Waals surface area (Å²) in [5, 5.41) is 11.7. The lowest BCUT2D eigenvalue weighted by atomic mass is 10.2. The zero-order valence-electron chi connectivity index (χ0n) is 10.0. The molecule has 1 aromatic heterocycles. The predicted octanol–water partition coefficient (Wildman–Crippen LogP) is 1.63. The predicted molar refractivity (Wildman–Crippen MR) is 61.2 cm³/mol. The van der Waals surface area contributed by atoms with Gasteiger partial charge in [0, 0.05) is 20.1 Å². The van der Waals surface area contributed by atoms with Crippen molar-refractivity contribution in [1.82, 2.24) is 10.3 Å². The first-order valence-corrected chi connectivity index (χ1v) is 5.24. The summed E-state index contributed by atoms with van der Waals surface area (Å²) in [7, 11) is 3.33. The van der Waals surface area contributed by atoms with Gasteiger partial charge >= 0.3 is 6.18 Å². The molecule has 98 valence electrons. The Morgan fingerprint density at radius 3 is 2.61 bits per heavy atom. The largest absolute Gasteiger partial charge is 0.433 e. The van der Waals surface area contributed by atoms with Crippen LogP contribution in [-0.2, 0) is 6.18 Å². The van der Waals surface area contributed by atoms with Crippen LogP contribution in [0.3, 0.4) is 0 Å². The van der Waals surface area contributed by atoms with Gasteiger partial charge in [-0.15, -0.1) is 0 Å². The highest BCUT2D eigenvalue weighted by Crippen LogP contribution is 2.30. The second kappa shape index (κ2) is 5.69. The molecule has 0 amide bonds. The molecule has 0 radical (unpaired) electrons. The molecule has 0 aliphatic rings. The number of aromatic nitrogens is 1. The fourth-order valence-corrected chi connectivity index (χ4v) is 1.37. The third-order valence-electron chi connectivity index (χ3n) is 2.34. The maximum absolute atomic E-state index is 12.5. The molecule has 18 heavy (non-hydrogen) atoms. The minimum Gasteiger partial charge on any atom is -0.357 e. The van der Waals surface area contributed by atoms with Crippen LogP contribution in [0.15, 0.2) is 12.1 Å². The Labute approximate surface area is 103 Å². The van der Waals surface area contributed by atoms with Crippen molar-refractivity contribution >= 4 is 5.82 Å². The number of pyridine rings is 1. The molecule has 0 saturated carbocycles. The van der Waals surface area contributed by atoms with Gasteiger partial charge in [0.2, 0.25) is 0 Å². The van der Waals surface area contributed by atoms with E-state index in [1.54, 1.807) is 14.1 Å². The highest BCUT2D eigenvalue weighted by atomic mass is 19.4. The van der Waals surface area contributed by atoms with Gasteiger partial charge in [0.05, 0.1) is 5.56 Å². The van der Waals surface area contributed by atoms with Crippen molar-refractivity contribution in [3.63, 3.8) is 0 Å². The standard InChI is InChI=1S/C11H13F3N4/c1-16-5-6-18(2)10-8(7-15)3-4-9(17-10)11(12,13)14/h3-4,16H,5-6H2,1-2H3. The third kappa shape index (κ3) is 3.34.